The van der Waals surface area contributed by atoms with Crippen LogP contribution in [0, 0.1) is 5.92 Å². The van der Waals surface area contributed by atoms with Crippen molar-refractivity contribution in [2.75, 3.05) is 17.2 Å². The molecule has 3 nitrogen and oxygen atoms in total. The standard InChI is InChI=1S/C24H42N2O/c1-8-19(12-14-27)24(9-2,10-3)26-22-16-20(17(4)5)21(25)15-18(22)11-13-23(26,6)7/h15-17,19,27H,8-14,25H2,1-7H3. The van der Waals surface area contributed by atoms with Crippen molar-refractivity contribution in [1.29, 1.82) is 0 Å². The molecule has 1 heterocycles. The Morgan fingerprint density at radius 3 is 2.30 bits per heavy atom. The number of nitrogen functional groups attached to an aromatic ring is 1. The average Bonchev–Trinajstić information content (AvgIpc) is 2.62. The molecule has 3 heteroatoms. The highest BCUT2D eigenvalue weighted by Gasteiger charge is 2.48. The summed E-state index contributed by atoms with van der Waals surface area (Å²) in [5, 5.41) is 9.76. The maximum Gasteiger partial charge on any atom is 0.0434 e. The number of aliphatic hydroxyl groups excluding tert-OH is 1. The monoisotopic (exact) mass is 374 g/mol. The second kappa shape index (κ2) is 8.43. The van der Waals surface area contributed by atoms with Gasteiger partial charge in [-0.3, -0.25) is 0 Å². The number of fused-ring (bicyclic) bond motifs is 1. The number of nitrogens with zero attached hydrogens (tertiary/aromatic N) is 1. The SMILES string of the molecule is CCC(CCO)C(CC)(CC)N1c2cc(C(C)C)c(N)cc2CCC1(C)C. The van der Waals surface area contributed by atoms with Crippen LogP contribution >= 0.6 is 0 Å². The lowest BCUT2D eigenvalue weighted by atomic mass is 9.70. The fourth-order valence-corrected chi connectivity index (χ4v) is 5.63. The van der Waals surface area contributed by atoms with Crippen molar-refractivity contribution in [2.24, 2.45) is 5.92 Å². The summed E-state index contributed by atoms with van der Waals surface area (Å²) in [4.78, 5) is 2.74. The van der Waals surface area contributed by atoms with Gasteiger partial charge in [-0.2, -0.15) is 0 Å². The van der Waals surface area contributed by atoms with Crippen LogP contribution < -0.4 is 10.6 Å². The van der Waals surface area contributed by atoms with Gasteiger partial charge in [-0.05, 0) is 81.0 Å². The topological polar surface area (TPSA) is 49.5 Å². The molecule has 0 spiro atoms. The average molecular weight is 375 g/mol. The molecule has 0 aliphatic carbocycles. The summed E-state index contributed by atoms with van der Waals surface area (Å²) < 4.78 is 0. The summed E-state index contributed by atoms with van der Waals surface area (Å²) in [7, 11) is 0. The quantitative estimate of drug-likeness (QED) is 0.558. The van der Waals surface area contributed by atoms with Crippen molar-refractivity contribution in [1.82, 2.24) is 0 Å². The molecule has 0 fully saturated rings. The van der Waals surface area contributed by atoms with E-state index in [9.17, 15) is 5.11 Å². The van der Waals surface area contributed by atoms with Crippen LogP contribution in [0.2, 0.25) is 0 Å². The number of aryl methyl sites for hydroxylation is 1. The third-order valence-corrected chi connectivity index (χ3v) is 7.16. The van der Waals surface area contributed by atoms with E-state index in [1.807, 2.05) is 0 Å². The molecular formula is C24H42N2O. The summed E-state index contributed by atoms with van der Waals surface area (Å²) in [5.41, 5.74) is 11.5. The van der Waals surface area contributed by atoms with E-state index in [1.165, 1.54) is 16.8 Å². The lowest BCUT2D eigenvalue weighted by Crippen LogP contribution is -2.63. The minimum absolute atomic E-state index is 0.0561. The predicted molar refractivity (Wildman–Crippen MR) is 119 cm³/mol. The molecule has 154 valence electrons. The number of benzene rings is 1. The van der Waals surface area contributed by atoms with Gasteiger partial charge in [-0.1, -0.05) is 41.0 Å². The van der Waals surface area contributed by atoms with E-state index in [1.54, 1.807) is 0 Å². The van der Waals surface area contributed by atoms with Gasteiger partial charge in [-0.15, -0.1) is 0 Å². The first kappa shape index (κ1) is 22.1. The Kier molecular flexibility index (Phi) is 6.89. The van der Waals surface area contributed by atoms with Gasteiger partial charge in [0.05, 0.1) is 0 Å². The highest BCUT2D eigenvalue weighted by molar-refractivity contribution is 5.68. The largest absolute Gasteiger partial charge is 0.398 e. The maximum absolute atomic E-state index is 9.76. The van der Waals surface area contributed by atoms with Gasteiger partial charge in [0.25, 0.3) is 0 Å². The van der Waals surface area contributed by atoms with Crippen LogP contribution in [0.5, 0.6) is 0 Å². The number of aliphatic hydroxyl groups is 1. The normalized spacial score (nSPS) is 17.9. The van der Waals surface area contributed by atoms with E-state index in [2.05, 4.69) is 65.5 Å². The Labute approximate surface area is 167 Å². The van der Waals surface area contributed by atoms with Gasteiger partial charge in [0.1, 0.15) is 0 Å². The first-order chi connectivity index (χ1) is 12.7. The molecule has 1 aromatic carbocycles. The van der Waals surface area contributed by atoms with E-state index in [4.69, 9.17) is 5.73 Å². The highest BCUT2D eigenvalue weighted by atomic mass is 16.3. The molecule has 1 aromatic rings. The molecule has 0 saturated carbocycles. The maximum atomic E-state index is 9.76. The van der Waals surface area contributed by atoms with Crippen molar-refractivity contribution in [3.63, 3.8) is 0 Å². The molecule has 1 aliphatic heterocycles. The van der Waals surface area contributed by atoms with Crippen LogP contribution in [0.4, 0.5) is 11.4 Å². The first-order valence-corrected chi connectivity index (χ1v) is 11.0. The van der Waals surface area contributed by atoms with Gasteiger partial charge in [-0.25, -0.2) is 0 Å². The van der Waals surface area contributed by atoms with E-state index in [-0.39, 0.29) is 17.7 Å². The van der Waals surface area contributed by atoms with E-state index in [0.717, 1.165) is 44.2 Å². The Bertz CT molecular complexity index is 632. The van der Waals surface area contributed by atoms with Crippen LogP contribution in [0.1, 0.15) is 97.6 Å². The molecule has 0 radical (unpaired) electrons. The lowest BCUT2D eigenvalue weighted by Gasteiger charge is -2.59. The molecule has 3 N–H and O–H groups in total. The van der Waals surface area contributed by atoms with Gasteiger partial charge in [0.2, 0.25) is 0 Å². The van der Waals surface area contributed by atoms with Gasteiger partial charge < -0.3 is 15.7 Å². The third-order valence-electron chi connectivity index (χ3n) is 7.16. The number of nitrogens with two attached hydrogens (primary N) is 1. The smallest absolute Gasteiger partial charge is 0.0434 e. The van der Waals surface area contributed by atoms with Gasteiger partial charge in [0, 0.05) is 29.1 Å². The minimum atomic E-state index is 0.0561. The van der Waals surface area contributed by atoms with E-state index in [0.29, 0.717) is 11.8 Å². The Balaban J connectivity index is 2.73. The molecule has 0 amide bonds. The molecule has 1 atom stereocenters. The molecule has 0 saturated heterocycles. The Morgan fingerprint density at radius 1 is 1.19 bits per heavy atom. The van der Waals surface area contributed by atoms with Crippen LogP contribution in [0.3, 0.4) is 0 Å². The van der Waals surface area contributed by atoms with Crippen LogP contribution in [-0.4, -0.2) is 22.8 Å². The molecule has 0 bridgehead atoms. The fraction of sp³-hybridized carbons (Fsp3) is 0.750. The molecular weight excluding hydrogens is 332 g/mol. The summed E-state index contributed by atoms with van der Waals surface area (Å²) in [6, 6.07) is 4.61. The summed E-state index contributed by atoms with van der Waals surface area (Å²) in [5.74, 6) is 0.891. The van der Waals surface area contributed by atoms with Crippen molar-refractivity contribution in [2.45, 2.75) is 104 Å². The fourth-order valence-electron chi connectivity index (χ4n) is 5.63. The van der Waals surface area contributed by atoms with Crippen molar-refractivity contribution in [3.05, 3.63) is 23.3 Å². The zero-order chi connectivity index (χ0) is 20.4. The van der Waals surface area contributed by atoms with Gasteiger partial charge in [0.15, 0.2) is 0 Å². The Morgan fingerprint density at radius 2 is 1.81 bits per heavy atom. The second-order valence-electron chi connectivity index (χ2n) is 9.34. The number of hydrogen-bond acceptors (Lipinski definition) is 3. The molecule has 1 unspecified atom stereocenters. The van der Waals surface area contributed by atoms with E-state index >= 15 is 0 Å². The number of hydrogen-bond donors (Lipinski definition) is 2. The second-order valence-corrected chi connectivity index (χ2v) is 9.34. The highest BCUT2D eigenvalue weighted by Crippen LogP contribution is 2.49. The zero-order valence-corrected chi connectivity index (χ0v) is 18.7. The molecule has 1 aliphatic rings. The summed E-state index contributed by atoms with van der Waals surface area (Å²) in [6.45, 7) is 16.4. The Hall–Kier alpha value is -1.22. The number of rotatable bonds is 8. The van der Waals surface area contributed by atoms with Crippen LogP contribution in [0.25, 0.3) is 0 Å². The number of anilines is 2. The van der Waals surface area contributed by atoms with Crippen molar-refractivity contribution >= 4 is 11.4 Å². The van der Waals surface area contributed by atoms with Crippen molar-refractivity contribution in [3.8, 4) is 0 Å². The molecule has 2 rings (SSSR count). The zero-order valence-electron chi connectivity index (χ0n) is 18.7. The lowest BCUT2D eigenvalue weighted by molar-refractivity contribution is 0.142. The molecule has 27 heavy (non-hydrogen) atoms. The first-order valence-electron chi connectivity index (χ1n) is 11.0. The van der Waals surface area contributed by atoms with Crippen LogP contribution in [0.15, 0.2) is 12.1 Å². The minimum Gasteiger partial charge on any atom is -0.398 e. The summed E-state index contributed by atoms with van der Waals surface area (Å²) in [6.07, 6.45) is 6.36. The third kappa shape index (κ3) is 3.85. The van der Waals surface area contributed by atoms with Gasteiger partial charge >= 0.3 is 0 Å². The van der Waals surface area contributed by atoms with Crippen molar-refractivity contribution < 1.29 is 5.11 Å². The van der Waals surface area contributed by atoms with Crippen LogP contribution in [-0.2, 0) is 6.42 Å². The molecule has 0 aromatic heterocycles. The van der Waals surface area contributed by atoms with E-state index < -0.39 is 0 Å². The predicted octanol–water partition coefficient (Wildman–Crippen LogP) is 5.89. The summed E-state index contributed by atoms with van der Waals surface area (Å²) >= 11 is 0.